The Balaban J connectivity index is 2.33. The van der Waals surface area contributed by atoms with Crippen LogP contribution in [0.1, 0.15) is 26.3 Å². The number of rotatable bonds is 3. The third kappa shape index (κ3) is 3.58. The maximum absolute atomic E-state index is 13.3. The van der Waals surface area contributed by atoms with Gasteiger partial charge in [0.25, 0.3) is 0 Å². The molecule has 0 saturated heterocycles. The van der Waals surface area contributed by atoms with E-state index in [0.29, 0.717) is 6.54 Å². The number of nitrogens with one attached hydrogen (secondary N) is 1. The predicted octanol–water partition coefficient (Wildman–Crippen LogP) is 3.77. The molecule has 1 aromatic carbocycles. The first-order valence-electron chi connectivity index (χ1n) is 6.49. The second kappa shape index (κ2) is 5.54. The first-order valence-corrected chi connectivity index (χ1v) is 6.87. The van der Waals surface area contributed by atoms with Crippen molar-refractivity contribution in [3.63, 3.8) is 0 Å². The smallest absolute Gasteiger partial charge is 0.141 e. The lowest BCUT2D eigenvalue weighted by atomic mass is 10.1. The van der Waals surface area contributed by atoms with Crippen molar-refractivity contribution in [3.05, 3.63) is 40.8 Å². The Morgan fingerprint density at radius 1 is 1.35 bits per heavy atom. The molecule has 0 fully saturated rings. The van der Waals surface area contributed by atoms with Crippen LogP contribution in [0.4, 0.5) is 4.39 Å². The molecule has 20 heavy (non-hydrogen) atoms. The Labute approximate surface area is 123 Å². The number of hydrogen-bond donors (Lipinski definition) is 1. The van der Waals surface area contributed by atoms with Crippen LogP contribution in [0.2, 0.25) is 5.02 Å². The van der Waals surface area contributed by atoms with Crippen LogP contribution >= 0.6 is 11.6 Å². The van der Waals surface area contributed by atoms with E-state index in [2.05, 4.69) is 31.2 Å². The minimum Gasteiger partial charge on any atom is -0.308 e. The molecule has 0 amide bonds. The minimum absolute atomic E-state index is 0.0214. The molecular formula is C15H19ClFN3. The molecule has 108 valence electrons. The number of nitrogens with zero attached hydrogens (tertiary/aromatic N) is 2. The molecule has 0 bridgehead atoms. The van der Waals surface area contributed by atoms with Gasteiger partial charge in [-0.05, 0) is 39.0 Å². The van der Waals surface area contributed by atoms with Crippen LogP contribution in [-0.2, 0) is 13.6 Å². The van der Waals surface area contributed by atoms with E-state index < -0.39 is 5.82 Å². The van der Waals surface area contributed by atoms with Gasteiger partial charge in [0.15, 0.2) is 0 Å². The van der Waals surface area contributed by atoms with Gasteiger partial charge < -0.3 is 5.32 Å². The van der Waals surface area contributed by atoms with Crippen molar-refractivity contribution in [2.75, 3.05) is 0 Å². The fraction of sp³-hybridized carbons (Fsp3) is 0.400. The van der Waals surface area contributed by atoms with E-state index in [4.69, 9.17) is 11.6 Å². The zero-order chi connectivity index (χ0) is 14.9. The van der Waals surface area contributed by atoms with E-state index in [1.165, 1.54) is 6.07 Å². The van der Waals surface area contributed by atoms with Gasteiger partial charge in [0.05, 0.1) is 10.7 Å². The molecule has 2 rings (SSSR count). The van der Waals surface area contributed by atoms with Crippen LogP contribution in [0.15, 0.2) is 24.4 Å². The first kappa shape index (κ1) is 15.0. The number of hydrogen-bond acceptors (Lipinski definition) is 2. The van der Waals surface area contributed by atoms with Gasteiger partial charge in [0, 0.05) is 36.5 Å². The molecular weight excluding hydrogens is 277 g/mol. The first-order chi connectivity index (χ1) is 9.26. The largest absolute Gasteiger partial charge is 0.308 e. The average molecular weight is 296 g/mol. The fourth-order valence-electron chi connectivity index (χ4n) is 1.91. The van der Waals surface area contributed by atoms with E-state index in [9.17, 15) is 4.39 Å². The van der Waals surface area contributed by atoms with Crippen molar-refractivity contribution in [3.8, 4) is 11.3 Å². The summed E-state index contributed by atoms with van der Waals surface area (Å²) in [6, 6.07) is 4.68. The lowest BCUT2D eigenvalue weighted by molar-refractivity contribution is 0.424. The van der Waals surface area contributed by atoms with Gasteiger partial charge in [-0.1, -0.05) is 11.6 Å². The van der Waals surface area contributed by atoms with Gasteiger partial charge in [-0.15, -0.1) is 0 Å². The van der Waals surface area contributed by atoms with Crippen molar-refractivity contribution >= 4 is 11.6 Å². The standard InChI is InChI=1S/C15H19ClFN3/c1-15(2,3)18-8-11-9-20(4)19-14(11)10-5-6-13(17)12(16)7-10/h5-7,9,18H,8H2,1-4H3. The Bertz CT molecular complexity index is 614. The van der Waals surface area contributed by atoms with Crippen molar-refractivity contribution in [1.29, 1.82) is 0 Å². The molecule has 0 aliphatic carbocycles. The topological polar surface area (TPSA) is 29.9 Å². The molecule has 0 saturated carbocycles. The number of benzene rings is 1. The zero-order valence-corrected chi connectivity index (χ0v) is 12.9. The summed E-state index contributed by atoms with van der Waals surface area (Å²) in [7, 11) is 1.87. The summed E-state index contributed by atoms with van der Waals surface area (Å²) >= 11 is 5.85. The van der Waals surface area contributed by atoms with Gasteiger partial charge in [-0.25, -0.2) is 4.39 Å². The van der Waals surface area contributed by atoms with E-state index in [0.717, 1.165) is 16.8 Å². The van der Waals surface area contributed by atoms with Crippen LogP contribution in [-0.4, -0.2) is 15.3 Å². The SMILES string of the molecule is Cn1cc(CNC(C)(C)C)c(-c2ccc(F)c(Cl)c2)n1. The second-order valence-corrected chi connectivity index (χ2v) is 6.32. The van der Waals surface area contributed by atoms with Crippen molar-refractivity contribution in [2.24, 2.45) is 7.05 Å². The highest BCUT2D eigenvalue weighted by Gasteiger charge is 2.15. The summed E-state index contributed by atoms with van der Waals surface area (Å²) in [5.74, 6) is -0.416. The van der Waals surface area contributed by atoms with E-state index >= 15 is 0 Å². The molecule has 5 heteroatoms. The molecule has 0 radical (unpaired) electrons. The Kier molecular flexibility index (Phi) is 4.16. The van der Waals surface area contributed by atoms with Crippen LogP contribution in [0.25, 0.3) is 11.3 Å². The highest BCUT2D eigenvalue weighted by molar-refractivity contribution is 6.31. The van der Waals surface area contributed by atoms with Crippen molar-refractivity contribution in [2.45, 2.75) is 32.9 Å². The third-order valence-corrected chi connectivity index (χ3v) is 3.20. The summed E-state index contributed by atoms with van der Waals surface area (Å²) in [5, 5.41) is 7.99. The molecule has 0 unspecified atom stereocenters. The summed E-state index contributed by atoms with van der Waals surface area (Å²) < 4.78 is 15.0. The molecule has 1 heterocycles. The van der Waals surface area contributed by atoms with E-state index in [1.807, 2.05) is 13.2 Å². The Morgan fingerprint density at radius 3 is 2.65 bits per heavy atom. The lowest BCUT2D eigenvalue weighted by Crippen LogP contribution is -2.35. The van der Waals surface area contributed by atoms with Gasteiger partial charge in [-0.3, -0.25) is 4.68 Å². The highest BCUT2D eigenvalue weighted by atomic mass is 35.5. The van der Waals surface area contributed by atoms with Gasteiger partial charge >= 0.3 is 0 Å². The maximum atomic E-state index is 13.3. The number of halogens is 2. The average Bonchev–Trinajstić information content (AvgIpc) is 2.71. The summed E-state index contributed by atoms with van der Waals surface area (Å²) in [4.78, 5) is 0. The highest BCUT2D eigenvalue weighted by Crippen LogP contribution is 2.26. The molecule has 0 aliphatic rings. The summed E-state index contributed by atoms with van der Waals surface area (Å²) in [5.41, 5.74) is 2.73. The number of aromatic nitrogens is 2. The van der Waals surface area contributed by atoms with Crippen molar-refractivity contribution in [1.82, 2.24) is 15.1 Å². The molecule has 0 aliphatic heterocycles. The van der Waals surface area contributed by atoms with Gasteiger partial charge in [-0.2, -0.15) is 5.10 Å². The fourth-order valence-corrected chi connectivity index (χ4v) is 2.09. The molecule has 1 aromatic heterocycles. The second-order valence-electron chi connectivity index (χ2n) is 5.91. The van der Waals surface area contributed by atoms with Gasteiger partial charge in [0.1, 0.15) is 5.82 Å². The van der Waals surface area contributed by atoms with E-state index in [-0.39, 0.29) is 10.6 Å². The third-order valence-electron chi connectivity index (χ3n) is 2.91. The monoisotopic (exact) mass is 295 g/mol. The predicted molar refractivity (Wildman–Crippen MR) is 80.2 cm³/mol. The molecule has 0 spiro atoms. The number of aryl methyl sites for hydroxylation is 1. The van der Waals surface area contributed by atoms with Crippen molar-refractivity contribution < 1.29 is 4.39 Å². The minimum atomic E-state index is -0.416. The normalized spacial score (nSPS) is 11.9. The molecule has 2 aromatic rings. The van der Waals surface area contributed by atoms with E-state index in [1.54, 1.807) is 16.8 Å². The Morgan fingerprint density at radius 2 is 2.05 bits per heavy atom. The maximum Gasteiger partial charge on any atom is 0.141 e. The van der Waals surface area contributed by atoms with Crippen LogP contribution in [0, 0.1) is 5.82 Å². The Hall–Kier alpha value is -1.39. The summed E-state index contributed by atoms with van der Waals surface area (Å²) in [6.45, 7) is 7.02. The lowest BCUT2D eigenvalue weighted by Gasteiger charge is -2.20. The summed E-state index contributed by atoms with van der Waals surface area (Å²) in [6.07, 6.45) is 1.96. The quantitative estimate of drug-likeness (QED) is 0.934. The van der Waals surface area contributed by atoms with Crippen LogP contribution in [0.5, 0.6) is 0 Å². The molecule has 0 atom stereocenters. The van der Waals surface area contributed by atoms with Crippen LogP contribution < -0.4 is 5.32 Å². The molecule has 1 N–H and O–H groups in total. The van der Waals surface area contributed by atoms with Gasteiger partial charge in [0.2, 0.25) is 0 Å². The van der Waals surface area contributed by atoms with Crippen LogP contribution in [0.3, 0.4) is 0 Å². The molecule has 3 nitrogen and oxygen atoms in total. The zero-order valence-electron chi connectivity index (χ0n) is 12.2.